The summed E-state index contributed by atoms with van der Waals surface area (Å²) >= 11 is 0. The van der Waals surface area contributed by atoms with Crippen LogP contribution in [0.3, 0.4) is 0 Å². The van der Waals surface area contributed by atoms with Crippen molar-refractivity contribution in [2.45, 2.75) is 63.8 Å². The van der Waals surface area contributed by atoms with Crippen molar-refractivity contribution in [2.75, 3.05) is 20.1 Å². The fourth-order valence-electron chi connectivity index (χ4n) is 4.37. The number of ether oxygens (including phenoxy) is 1. The van der Waals surface area contributed by atoms with Gasteiger partial charge in [0.2, 0.25) is 0 Å². The first-order valence-corrected chi connectivity index (χ1v) is 11.7. The van der Waals surface area contributed by atoms with Crippen LogP contribution in [0.5, 0.6) is 5.75 Å². The molecule has 2 N–H and O–H groups in total. The number of likely N-dealkylation sites (tertiary alicyclic amines) is 1. The van der Waals surface area contributed by atoms with Gasteiger partial charge in [0.15, 0.2) is 5.96 Å². The van der Waals surface area contributed by atoms with Crippen LogP contribution < -0.4 is 15.4 Å². The lowest BCUT2D eigenvalue weighted by Gasteiger charge is -2.37. The average molecular weight is 549 g/mol. The van der Waals surface area contributed by atoms with E-state index in [1.54, 1.807) is 0 Å². The highest BCUT2D eigenvalue weighted by Crippen LogP contribution is 2.27. The van der Waals surface area contributed by atoms with E-state index in [2.05, 4.69) is 82.0 Å². The number of piperidine rings is 1. The smallest absolute Gasteiger partial charge is 0.191 e. The van der Waals surface area contributed by atoms with Crippen molar-refractivity contribution in [1.82, 2.24) is 15.5 Å². The van der Waals surface area contributed by atoms with Crippen LogP contribution in [0, 0.1) is 0 Å². The Hall–Kier alpha value is -1.80. The van der Waals surface area contributed by atoms with Crippen molar-refractivity contribution in [3.8, 4) is 5.75 Å². The lowest BCUT2D eigenvalue weighted by atomic mass is 9.96. The lowest BCUT2D eigenvalue weighted by molar-refractivity contribution is 0.119. The third-order valence-corrected chi connectivity index (χ3v) is 6.69. The highest BCUT2D eigenvalue weighted by molar-refractivity contribution is 14.0. The monoisotopic (exact) mass is 548 g/mol. The van der Waals surface area contributed by atoms with Gasteiger partial charge < -0.3 is 15.4 Å². The maximum absolute atomic E-state index is 6.16. The molecule has 0 radical (unpaired) electrons. The van der Waals surface area contributed by atoms with E-state index in [9.17, 15) is 0 Å². The molecule has 32 heavy (non-hydrogen) atoms. The van der Waals surface area contributed by atoms with Gasteiger partial charge in [-0.2, -0.15) is 0 Å². The third-order valence-electron chi connectivity index (χ3n) is 6.69. The number of para-hydroxylation sites is 1. The second-order valence-electron chi connectivity index (χ2n) is 8.75. The van der Waals surface area contributed by atoms with E-state index >= 15 is 0 Å². The number of nitrogens with zero attached hydrogens (tertiary/aromatic N) is 2. The molecule has 2 aromatic carbocycles. The van der Waals surface area contributed by atoms with Gasteiger partial charge in [0, 0.05) is 44.3 Å². The van der Waals surface area contributed by atoms with E-state index in [0.717, 1.165) is 37.6 Å². The molecule has 0 bridgehead atoms. The zero-order valence-corrected chi connectivity index (χ0v) is 21.6. The second kappa shape index (κ2) is 12.4. The topological polar surface area (TPSA) is 48.9 Å². The van der Waals surface area contributed by atoms with E-state index in [1.165, 1.54) is 30.4 Å². The summed E-state index contributed by atoms with van der Waals surface area (Å²) in [7, 11) is 1.85. The van der Waals surface area contributed by atoms with E-state index in [1.807, 2.05) is 7.05 Å². The summed E-state index contributed by atoms with van der Waals surface area (Å²) in [4.78, 5) is 7.04. The molecule has 4 rings (SSSR count). The quantitative estimate of drug-likeness (QED) is 0.286. The molecule has 1 unspecified atom stereocenters. The first-order chi connectivity index (χ1) is 15.2. The van der Waals surface area contributed by atoms with Crippen LogP contribution >= 0.6 is 24.0 Å². The molecular weight excluding hydrogens is 511 g/mol. The van der Waals surface area contributed by atoms with Crippen molar-refractivity contribution >= 4 is 29.9 Å². The van der Waals surface area contributed by atoms with Gasteiger partial charge >= 0.3 is 0 Å². The lowest BCUT2D eigenvalue weighted by Crippen LogP contribution is -2.48. The molecule has 1 aliphatic heterocycles. The Bertz CT molecular complexity index is 848. The maximum Gasteiger partial charge on any atom is 0.191 e. The minimum Gasteiger partial charge on any atom is -0.490 e. The van der Waals surface area contributed by atoms with Crippen LogP contribution in [0.1, 0.15) is 56.2 Å². The molecule has 2 aromatic rings. The van der Waals surface area contributed by atoms with Gasteiger partial charge in [0.25, 0.3) is 0 Å². The summed E-state index contributed by atoms with van der Waals surface area (Å²) in [6.07, 6.45) is 6.27. The molecule has 1 saturated heterocycles. The molecular formula is C26H37IN4O. The zero-order chi connectivity index (χ0) is 21.5. The molecule has 5 nitrogen and oxygen atoms in total. The van der Waals surface area contributed by atoms with E-state index in [4.69, 9.17) is 4.74 Å². The summed E-state index contributed by atoms with van der Waals surface area (Å²) in [5.41, 5.74) is 2.58. The summed E-state index contributed by atoms with van der Waals surface area (Å²) in [6, 6.07) is 20.1. The molecule has 1 aliphatic carbocycles. The normalized spacial score (nSPS) is 18.9. The molecule has 2 fully saturated rings. The first-order valence-electron chi connectivity index (χ1n) is 11.7. The van der Waals surface area contributed by atoms with Crippen molar-refractivity contribution in [3.05, 3.63) is 65.7 Å². The minimum absolute atomic E-state index is 0. The average Bonchev–Trinajstić information content (AvgIpc) is 2.80. The van der Waals surface area contributed by atoms with Crippen molar-refractivity contribution in [2.24, 2.45) is 4.99 Å². The van der Waals surface area contributed by atoms with Gasteiger partial charge in [-0.05, 0) is 50.7 Å². The number of rotatable bonds is 7. The van der Waals surface area contributed by atoms with Gasteiger partial charge in [-0.3, -0.25) is 9.89 Å². The Morgan fingerprint density at radius 3 is 2.38 bits per heavy atom. The fraction of sp³-hybridized carbons (Fsp3) is 0.500. The van der Waals surface area contributed by atoms with Crippen LogP contribution in [-0.4, -0.2) is 43.1 Å². The van der Waals surface area contributed by atoms with E-state index in [-0.39, 0.29) is 24.0 Å². The van der Waals surface area contributed by atoms with Crippen LogP contribution in [0.25, 0.3) is 0 Å². The Morgan fingerprint density at radius 2 is 1.72 bits per heavy atom. The Kier molecular flexibility index (Phi) is 9.66. The van der Waals surface area contributed by atoms with Crippen molar-refractivity contribution < 1.29 is 4.74 Å². The van der Waals surface area contributed by atoms with Gasteiger partial charge in [-0.15, -0.1) is 24.0 Å². The first kappa shape index (κ1) is 24.8. The molecule has 1 saturated carbocycles. The van der Waals surface area contributed by atoms with Gasteiger partial charge in [-0.25, -0.2) is 0 Å². The number of nitrogens with one attached hydrogen (secondary N) is 2. The number of benzene rings is 2. The predicted octanol–water partition coefficient (Wildman–Crippen LogP) is 5.13. The van der Waals surface area contributed by atoms with Crippen LogP contribution in [0.15, 0.2) is 59.6 Å². The molecule has 174 valence electrons. The highest BCUT2D eigenvalue weighted by atomic mass is 127. The maximum atomic E-state index is 6.16. The standard InChI is InChI=1S/C26H36N4O.HI/c1-20(21-9-4-3-5-10-21)30-17-15-23(16-18-30)29-26(27-2)28-19-22-11-6-7-14-25(22)31-24-12-8-13-24;/h3-7,9-11,14,20,23-24H,8,12-13,15-19H2,1-2H3,(H2,27,28,29);1H. The molecule has 1 atom stereocenters. The van der Waals surface area contributed by atoms with Crippen LogP contribution in [0.4, 0.5) is 0 Å². The van der Waals surface area contributed by atoms with Gasteiger partial charge in [-0.1, -0.05) is 48.5 Å². The highest BCUT2D eigenvalue weighted by Gasteiger charge is 2.24. The van der Waals surface area contributed by atoms with Crippen LogP contribution in [0.2, 0.25) is 0 Å². The Morgan fingerprint density at radius 1 is 1.03 bits per heavy atom. The largest absolute Gasteiger partial charge is 0.490 e. The number of aliphatic imine (C=N–C) groups is 1. The Balaban J connectivity index is 0.00000289. The molecule has 0 spiro atoms. The van der Waals surface area contributed by atoms with E-state index in [0.29, 0.717) is 24.7 Å². The number of guanidine groups is 1. The molecule has 0 amide bonds. The summed E-state index contributed by atoms with van der Waals surface area (Å²) < 4.78 is 6.16. The molecule has 0 aromatic heterocycles. The van der Waals surface area contributed by atoms with E-state index < -0.39 is 0 Å². The number of hydrogen-bond acceptors (Lipinski definition) is 3. The number of hydrogen-bond donors (Lipinski definition) is 2. The van der Waals surface area contributed by atoms with Gasteiger partial charge in [0.05, 0.1) is 6.10 Å². The van der Waals surface area contributed by atoms with Gasteiger partial charge in [0.1, 0.15) is 5.75 Å². The van der Waals surface area contributed by atoms with Crippen molar-refractivity contribution in [3.63, 3.8) is 0 Å². The second-order valence-corrected chi connectivity index (χ2v) is 8.75. The number of halogens is 1. The minimum atomic E-state index is 0. The van der Waals surface area contributed by atoms with Crippen LogP contribution in [-0.2, 0) is 6.54 Å². The predicted molar refractivity (Wildman–Crippen MR) is 143 cm³/mol. The molecule has 2 aliphatic rings. The fourth-order valence-corrected chi connectivity index (χ4v) is 4.37. The summed E-state index contributed by atoms with van der Waals surface area (Å²) in [5.74, 6) is 1.87. The van der Waals surface area contributed by atoms with Crippen molar-refractivity contribution in [1.29, 1.82) is 0 Å². The third kappa shape index (κ3) is 6.61. The molecule has 1 heterocycles. The molecule has 6 heteroatoms. The SMILES string of the molecule is CN=C(NCc1ccccc1OC1CCC1)NC1CCN(C(C)c2ccccc2)CC1.I. The summed E-state index contributed by atoms with van der Waals surface area (Å²) in [6.45, 7) is 5.23. The summed E-state index contributed by atoms with van der Waals surface area (Å²) in [5, 5.41) is 7.12. The Labute approximate surface area is 210 Å². The zero-order valence-electron chi connectivity index (χ0n) is 19.3.